The number of para-hydroxylation sites is 1. The first-order chi connectivity index (χ1) is 15.0. The Morgan fingerprint density at radius 1 is 1.06 bits per heavy atom. The van der Waals surface area contributed by atoms with Crippen molar-refractivity contribution in [2.24, 2.45) is 0 Å². The third-order valence-corrected chi connectivity index (χ3v) is 5.71. The molecule has 3 aromatic rings. The quantitative estimate of drug-likeness (QED) is 0.575. The highest BCUT2D eigenvalue weighted by Gasteiger charge is 2.60. The summed E-state index contributed by atoms with van der Waals surface area (Å²) in [5, 5.41) is 6.87. The number of amides is 3. The second kappa shape index (κ2) is 7.22. The number of halogens is 2. The predicted molar refractivity (Wildman–Crippen MR) is 104 cm³/mol. The average Bonchev–Trinajstić information content (AvgIpc) is 3.32. The third-order valence-electron chi connectivity index (χ3n) is 5.71. The van der Waals surface area contributed by atoms with E-state index in [1.54, 1.807) is 17.0 Å². The molecular weight excluding hydrogens is 408 g/mol. The molecule has 0 radical (unpaired) electrons. The van der Waals surface area contributed by atoms with Crippen LogP contribution in [0.4, 0.5) is 19.3 Å². The number of urea groups is 1. The van der Waals surface area contributed by atoms with Gasteiger partial charge in [0.1, 0.15) is 5.54 Å². The van der Waals surface area contributed by atoms with Gasteiger partial charge in [-0.15, -0.1) is 10.2 Å². The van der Waals surface area contributed by atoms with Crippen LogP contribution in [0.1, 0.15) is 37.3 Å². The molecule has 8 nitrogen and oxygen atoms in total. The van der Waals surface area contributed by atoms with Gasteiger partial charge in [-0.3, -0.25) is 19.6 Å². The number of pyridine rings is 1. The number of rotatable bonds is 5. The highest BCUT2D eigenvalue weighted by Crippen LogP contribution is 2.46. The van der Waals surface area contributed by atoms with E-state index in [9.17, 15) is 18.4 Å². The number of hydrogen-bond donors (Lipinski definition) is 0. The van der Waals surface area contributed by atoms with Gasteiger partial charge in [-0.25, -0.2) is 4.79 Å². The van der Waals surface area contributed by atoms with Gasteiger partial charge in [-0.05, 0) is 43.5 Å². The molecule has 3 heterocycles. The molecule has 0 bridgehead atoms. The van der Waals surface area contributed by atoms with Gasteiger partial charge in [-0.1, -0.05) is 18.2 Å². The first-order valence-corrected chi connectivity index (χ1v) is 9.78. The molecule has 1 saturated heterocycles. The molecule has 2 fully saturated rings. The Hall–Kier alpha value is -3.69. The average molecular weight is 425 g/mol. The van der Waals surface area contributed by atoms with Crippen LogP contribution >= 0.6 is 0 Å². The van der Waals surface area contributed by atoms with Crippen LogP contribution in [0.2, 0.25) is 0 Å². The third kappa shape index (κ3) is 3.06. The lowest BCUT2D eigenvalue weighted by atomic mass is 9.75. The van der Waals surface area contributed by atoms with E-state index >= 15 is 0 Å². The van der Waals surface area contributed by atoms with Gasteiger partial charge in [0.25, 0.3) is 11.8 Å². The first kappa shape index (κ1) is 19.3. The van der Waals surface area contributed by atoms with Crippen molar-refractivity contribution < 1.29 is 22.8 Å². The lowest BCUT2D eigenvalue weighted by molar-refractivity contribution is -0.133. The largest absolute Gasteiger partial charge is 0.415 e. The van der Waals surface area contributed by atoms with Crippen LogP contribution in [0, 0.1) is 0 Å². The van der Waals surface area contributed by atoms with Crippen molar-refractivity contribution in [2.45, 2.75) is 37.8 Å². The molecule has 1 aliphatic heterocycles. The van der Waals surface area contributed by atoms with Crippen molar-refractivity contribution in [3.8, 4) is 11.5 Å². The second-order valence-corrected chi connectivity index (χ2v) is 7.51. The Morgan fingerprint density at radius 2 is 1.84 bits per heavy atom. The number of carbonyl (C=O) groups excluding carboxylic acids is 2. The zero-order valence-corrected chi connectivity index (χ0v) is 16.2. The van der Waals surface area contributed by atoms with Crippen molar-refractivity contribution in [3.05, 3.63) is 60.2 Å². The molecule has 0 unspecified atom stereocenters. The van der Waals surface area contributed by atoms with Gasteiger partial charge in [-0.2, -0.15) is 8.78 Å². The first-order valence-electron chi connectivity index (χ1n) is 9.78. The minimum absolute atomic E-state index is 0.00908. The molecule has 2 aromatic heterocycles. The summed E-state index contributed by atoms with van der Waals surface area (Å²) in [6, 6.07) is 12.0. The number of anilines is 1. The van der Waals surface area contributed by atoms with E-state index in [0.29, 0.717) is 29.8 Å². The summed E-state index contributed by atoms with van der Waals surface area (Å²) in [6.07, 6.45) is 0.662. The van der Waals surface area contributed by atoms with Gasteiger partial charge < -0.3 is 4.42 Å². The zero-order valence-electron chi connectivity index (χ0n) is 16.2. The standard InChI is InChI=1S/C21H17F2N5O3/c22-16(23)18-26-25-17(31-18)13-7-8-14(24-11-13)12-27-19(29)21(9-4-10-21)28(20(27)30)15-5-2-1-3-6-15/h1-3,5-8,11,16H,4,9-10,12H2. The summed E-state index contributed by atoms with van der Waals surface area (Å²) in [4.78, 5) is 33.4. The number of alkyl halides is 2. The van der Waals surface area contributed by atoms with E-state index < -0.39 is 17.9 Å². The molecule has 3 amide bonds. The normalized spacial score (nSPS) is 17.6. The topological polar surface area (TPSA) is 92.4 Å². The maximum atomic E-state index is 13.2. The van der Waals surface area contributed by atoms with Crippen LogP contribution in [0.15, 0.2) is 53.1 Å². The molecule has 10 heteroatoms. The SMILES string of the molecule is O=C1N(Cc2ccc(-c3nnc(C(F)F)o3)cn2)C(=O)C2(CCC2)N1c1ccccc1. The fourth-order valence-corrected chi connectivity index (χ4v) is 4.01. The van der Waals surface area contributed by atoms with Crippen molar-refractivity contribution in [3.63, 3.8) is 0 Å². The highest BCUT2D eigenvalue weighted by atomic mass is 19.3. The van der Waals surface area contributed by atoms with E-state index in [-0.39, 0.29) is 24.4 Å². The van der Waals surface area contributed by atoms with E-state index in [1.165, 1.54) is 11.1 Å². The summed E-state index contributed by atoms with van der Waals surface area (Å²) in [5.74, 6) is -1.07. The van der Waals surface area contributed by atoms with Crippen LogP contribution in [-0.2, 0) is 11.3 Å². The molecule has 5 rings (SSSR count). The monoisotopic (exact) mass is 425 g/mol. The number of benzene rings is 1. The summed E-state index contributed by atoms with van der Waals surface area (Å²) >= 11 is 0. The van der Waals surface area contributed by atoms with Gasteiger partial charge in [0.05, 0.1) is 17.8 Å². The lowest BCUT2D eigenvalue weighted by Gasteiger charge is -2.42. The molecule has 1 spiro atoms. The van der Waals surface area contributed by atoms with Crippen molar-refractivity contribution in [1.29, 1.82) is 0 Å². The van der Waals surface area contributed by atoms with E-state index in [0.717, 1.165) is 6.42 Å². The summed E-state index contributed by atoms with van der Waals surface area (Å²) in [5.41, 5.74) is 0.706. The van der Waals surface area contributed by atoms with Crippen LogP contribution in [-0.4, -0.2) is 37.6 Å². The molecule has 31 heavy (non-hydrogen) atoms. The van der Waals surface area contributed by atoms with E-state index in [2.05, 4.69) is 15.2 Å². The van der Waals surface area contributed by atoms with Crippen LogP contribution in [0.3, 0.4) is 0 Å². The number of aromatic nitrogens is 3. The van der Waals surface area contributed by atoms with Crippen molar-refractivity contribution in [2.75, 3.05) is 4.90 Å². The highest BCUT2D eigenvalue weighted by molar-refractivity contribution is 6.17. The van der Waals surface area contributed by atoms with Crippen molar-refractivity contribution in [1.82, 2.24) is 20.1 Å². The number of nitrogens with zero attached hydrogens (tertiary/aromatic N) is 5. The lowest BCUT2D eigenvalue weighted by Crippen LogP contribution is -2.55. The van der Waals surface area contributed by atoms with Crippen molar-refractivity contribution >= 4 is 17.6 Å². The Bertz CT molecular complexity index is 1130. The molecule has 0 N–H and O–H groups in total. The Kier molecular flexibility index (Phi) is 4.49. The number of carbonyl (C=O) groups is 2. The Morgan fingerprint density at radius 3 is 2.42 bits per heavy atom. The number of imide groups is 1. The summed E-state index contributed by atoms with van der Waals surface area (Å²) < 4.78 is 30.2. The summed E-state index contributed by atoms with van der Waals surface area (Å²) in [6.45, 7) is 0.00908. The molecular formula is C21H17F2N5O3. The van der Waals surface area contributed by atoms with Crippen LogP contribution in [0.25, 0.3) is 11.5 Å². The predicted octanol–water partition coefficient (Wildman–Crippen LogP) is 3.96. The summed E-state index contributed by atoms with van der Waals surface area (Å²) in [7, 11) is 0. The zero-order chi connectivity index (χ0) is 21.6. The Labute approximate surface area is 175 Å². The molecule has 158 valence electrons. The Balaban J connectivity index is 1.38. The van der Waals surface area contributed by atoms with Gasteiger partial charge >= 0.3 is 12.5 Å². The molecule has 1 aromatic carbocycles. The van der Waals surface area contributed by atoms with E-state index in [1.807, 2.05) is 30.3 Å². The molecule has 1 aliphatic carbocycles. The van der Waals surface area contributed by atoms with Gasteiger partial charge in [0.2, 0.25) is 5.89 Å². The fourth-order valence-electron chi connectivity index (χ4n) is 4.01. The molecule has 2 aliphatic rings. The second-order valence-electron chi connectivity index (χ2n) is 7.51. The minimum atomic E-state index is -2.85. The molecule has 0 atom stereocenters. The smallest absolute Gasteiger partial charge is 0.332 e. The van der Waals surface area contributed by atoms with Crippen LogP contribution < -0.4 is 4.90 Å². The number of hydrogen-bond acceptors (Lipinski definition) is 6. The van der Waals surface area contributed by atoms with Gasteiger partial charge in [0, 0.05) is 11.9 Å². The molecule has 1 saturated carbocycles. The van der Waals surface area contributed by atoms with E-state index in [4.69, 9.17) is 4.42 Å². The fraction of sp³-hybridized carbons (Fsp3) is 0.286. The minimum Gasteiger partial charge on any atom is -0.415 e. The van der Waals surface area contributed by atoms with Gasteiger partial charge in [0.15, 0.2) is 0 Å². The van der Waals surface area contributed by atoms with Crippen LogP contribution in [0.5, 0.6) is 0 Å². The maximum Gasteiger partial charge on any atom is 0.332 e. The maximum absolute atomic E-state index is 13.2.